The first-order valence-electron chi connectivity index (χ1n) is 7.64. The van der Waals surface area contributed by atoms with Crippen LogP contribution in [-0.2, 0) is 20.7 Å². The van der Waals surface area contributed by atoms with Gasteiger partial charge >= 0.3 is 0 Å². The molecule has 3 rings (SSSR count). The molecule has 22 heavy (non-hydrogen) atoms. The number of aryl methyl sites for hydroxylation is 1. The van der Waals surface area contributed by atoms with Gasteiger partial charge in [-0.05, 0) is 37.0 Å². The first kappa shape index (κ1) is 14.8. The van der Waals surface area contributed by atoms with E-state index in [2.05, 4.69) is 10.6 Å². The molecular weight excluding hydrogens is 284 g/mol. The summed E-state index contributed by atoms with van der Waals surface area (Å²) in [6, 6.07) is 5.61. The molecule has 6 nitrogen and oxygen atoms in total. The Labute approximate surface area is 129 Å². The molecule has 1 aromatic carbocycles. The Hall–Kier alpha value is -2.08. The topological polar surface area (TPSA) is 76.7 Å². The lowest BCUT2D eigenvalue weighted by molar-refractivity contribution is -0.121. The molecule has 2 N–H and O–H groups in total. The average molecular weight is 304 g/mol. The summed E-state index contributed by atoms with van der Waals surface area (Å²) < 4.78 is 10.8. The number of rotatable bonds is 5. The first-order valence-corrected chi connectivity index (χ1v) is 7.64. The number of nitrogens with one attached hydrogen (secondary N) is 2. The fourth-order valence-electron chi connectivity index (χ4n) is 2.67. The van der Waals surface area contributed by atoms with E-state index in [1.807, 2.05) is 18.2 Å². The van der Waals surface area contributed by atoms with Crippen molar-refractivity contribution >= 4 is 17.5 Å². The maximum atomic E-state index is 11.9. The highest BCUT2D eigenvalue weighted by Gasteiger charge is 2.17. The predicted molar refractivity (Wildman–Crippen MR) is 80.9 cm³/mol. The Bertz CT molecular complexity index is 567. The number of hydrogen-bond acceptors (Lipinski definition) is 4. The van der Waals surface area contributed by atoms with Gasteiger partial charge < -0.3 is 20.1 Å². The van der Waals surface area contributed by atoms with Crippen molar-refractivity contribution in [2.75, 3.05) is 25.1 Å². The van der Waals surface area contributed by atoms with Gasteiger partial charge in [-0.15, -0.1) is 0 Å². The van der Waals surface area contributed by atoms with Gasteiger partial charge in [0.05, 0.1) is 11.8 Å². The number of anilines is 1. The van der Waals surface area contributed by atoms with E-state index in [9.17, 15) is 9.59 Å². The Morgan fingerprint density at radius 2 is 2.32 bits per heavy atom. The van der Waals surface area contributed by atoms with Gasteiger partial charge in [-0.2, -0.15) is 0 Å². The van der Waals surface area contributed by atoms with Crippen LogP contribution in [0.4, 0.5) is 5.69 Å². The summed E-state index contributed by atoms with van der Waals surface area (Å²) in [5.74, 6) is 0.540. The maximum absolute atomic E-state index is 11.9. The molecule has 118 valence electrons. The number of carbonyl (C=O) groups is 2. The zero-order valence-corrected chi connectivity index (χ0v) is 12.4. The molecular formula is C16H20N2O4. The van der Waals surface area contributed by atoms with E-state index in [0.717, 1.165) is 25.0 Å². The lowest BCUT2D eigenvalue weighted by atomic mass is 10.1. The van der Waals surface area contributed by atoms with Crippen LogP contribution in [0.2, 0.25) is 0 Å². The fraction of sp³-hybridized carbons (Fsp3) is 0.500. The van der Waals surface area contributed by atoms with Crippen molar-refractivity contribution in [3.8, 4) is 5.75 Å². The molecule has 1 aromatic rings. The summed E-state index contributed by atoms with van der Waals surface area (Å²) >= 11 is 0. The number of ether oxygens (including phenoxy) is 2. The van der Waals surface area contributed by atoms with E-state index in [0.29, 0.717) is 30.8 Å². The molecule has 0 saturated carbocycles. The van der Waals surface area contributed by atoms with Gasteiger partial charge in [0.15, 0.2) is 6.61 Å². The van der Waals surface area contributed by atoms with Crippen LogP contribution in [-0.4, -0.2) is 37.7 Å². The third-order valence-electron chi connectivity index (χ3n) is 3.87. The van der Waals surface area contributed by atoms with Crippen molar-refractivity contribution in [1.29, 1.82) is 0 Å². The van der Waals surface area contributed by atoms with E-state index in [-0.39, 0.29) is 24.5 Å². The van der Waals surface area contributed by atoms with E-state index in [1.54, 1.807) is 0 Å². The summed E-state index contributed by atoms with van der Waals surface area (Å²) in [4.78, 5) is 23.2. The zero-order chi connectivity index (χ0) is 15.4. The Kier molecular flexibility index (Phi) is 4.58. The van der Waals surface area contributed by atoms with Gasteiger partial charge in [-0.25, -0.2) is 0 Å². The second-order valence-corrected chi connectivity index (χ2v) is 5.61. The summed E-state index contributed by atoms with van der Waals surface area (Å²) in [6.07, 6.45) is 3.30. The highest BCUT2D eigenvalue weighted by Crippen LogP contribution is 2.28. The Morgan fingerprint density at radius 1 is 1.41 bits per heavy atom. The smallest absolute Gasteiger partial charge is 0.262 e. The van der Waals surface area contributed by atoms with Gasteiger partial charge in [0, 0.05) is 19.6 Å². The number of benzene rings is 1. The van der Waals surface area contributed by atoms with Crippen LogP contribution in [0.15, 0.2) is 18.2 Å². The second-order valence-electron chi connectivity index (χ2n) is 5.61. The normalized spacial score (nSPS) is 20.0. The molecule has 2 heterocycles. The highest BCUT2D eigenvalue weighted by molar-refractivity contribution is 5.95. The third-order valence-corrected chi connectivity index (χ3v) is 3.87. The van der Waals surface area contributed by atoms with Gasteiger partial charge in [-0.3, -0.25) is 9.59 Å². The molecule has 0 spiro atoms. The van der Waals surface area contributed by atoms with Gasteiger partial charge in [-0.1, -0.05) is 6.07 Å². The van der Waals surface area contributed by atoms with Crippen LogP contribution < -0.4 is 15.4 Å². The SMILES string of the molecule is O=C(CCc1ccc2c(c1)NC(=O)CO2)NCC1CCCO1. The summed E-state index contributed by atoms with van der Waals surface area (Å²) in [5.41, 5.74) is 1.67. The molecule has 2 amide bonds. The van der Waals surface area contributed by atoms with E-state index in [4.69, 9.17) is 9.47 Å². The molecule has 6 heteroatoms. The number of fused-ring (bicyclic) bond motifs is 1. The van der Waals surface area contributed by atoms with Crippen LogP contribution in [0.1, 0.15) is 24.8 Å². The first-order chi connectivity index (χ1) is 10.7. The third kappa shape index (κ3) is 3.76. The van der Waals surface area contributed by atoms with Crippen molar-refractivity contribution in [2.24, 2.45) is 0 Å². The van der Waals surface area contributed by atoms with Crippen LogP contribution in [0, 0.1) is 0 Å². The van der Waals surface area contributed by atoms with E-state index < -0.39 is 0 Å². The van der Waals surface area contributed by atoms with Gasteiger partial charge in [0.25, 0.3) is 5.91 Å². The maximum Gasteiger partial charge on any atom is 0.262 e. The van der Waals surface area contributed by atoms with Crippen LogP contribution >= 0.6 is 0 Å². The van der Waals surface area contributed by atoms with E-state index in [1.165, 1.54) is 0 Å². The molecule has 0 radical (unpaired) electrons. The monoisotopic (exact) mass is 304 g/mol. The molecule has 1 fully saturated rings. The van der Waals surface area contributed by atoms with E-state index >= 15 is 0 Å². The molecule has 1 saturated heterocycles. The molecule has 2 aliphatic rings. The number of amides is 2. The van der Waals surface area contributed by atoms with Crippen molar-refractivity contribution in [1.82, 2.24) is 5.32 Å². The van der Waals surface area contributed by atoms with Crippen LogP contribution in [0.3, 0.4) is 0 Å². The largest absolute Gasteiger partial charge is 0.482 e. The summed E-state index contributed by atoms with van der Waals surface area (Å²) in [6.45, 7) is 1.44. The fourth-order valence-corrected chi connectivity index (χ4v) is 2.67. The average Bonchev–Trinajstić information content (AvgIpc) is 3.04. The van der Waals surface area contributed by atoms with Gasteiger partial charge in [0.1, 0.15) is 5.75 Å². The minimum absolute atomic E-state index is 0.0218. The molecule has 0 aliphatic carbocycles. The van der Waals surface area contributed by atoms with Crippen molar-refractivity contribution < 1.29 is 19.1 Å². The lowest BCUT2D eigenvalue weighted by Crippen LogP contribution is -2.31. The van der Waals surface area contributed by atoms with Crippen LogP contribution in [0.25, 0.3) is 0 Å². The minimum Gasteiger partial charge on any atom is -0.482 e. The molecule has 1 atom stereocenters. The quantitative estimate of drug-likeness (QED) is 0.858. The van der Waals surface area contributed by atoms with Crippen LogP contribution in [0.5, 0.6) is 5.75 Å². The molecule has 0 bridgehead atoms. The van der Waals surface area contributed by atoms with Crippen molar-refractivity contribution in [2.45, 2.75) is 31.8 Å². The molecule has 0 aromatic heterocycles. The predicted octanol–water partition coefficient (Wildman–Crippen LogP) is 1.25. The number of carbonyl (C=O) groups excluding carboxylic acids is 2. The van der Waals surface area contributed by atoms with Crippen molar-refractivity contribution in [3.05, 3.63) is 23.8 Å². The second kappa shape index (κ2) is 6.79. The highest BCUT2D eigenvalue weighted by atomic mass is 16.5. The van der Waals surface area contributed by atoms with Crippen molar-refractivity contribution in [3.63, 3.8) is 0 Å². The standard InChI is InChI=1S/C16H20N2O4/c19-15(17-9-12-2-1-7-21-12)6-4-11-3-5-14-13(8-11)18-16(20)10-22-14/h3,5,8,12H,1-2,4,6-7,9-10H2,(H,17,19)(H,18,20). The lowest BCUT2D eigenvalue weighted by Gasteiger charge is -2.18. The van der Waals surface area contributed by atoms with Gasteiger partial charge in [0.2, 0.25) is 5.91 Å². The minimum atomic E-state index is -0.154. The molecule has 1 unspecified atom stereocenters. The summed E-state index contributed by atoms with van der Waals surface area (Å²) in [7, 11) is 0. The number of hydrogen-bond donors (Lipinski definition) is 2. The molecule has 2 aliphatic heterocycles. The Morgan fingerprint density at radius 3 is 3.14 bits per heavy atom. The zero-order valence-electron chi connectivity index (χ0n) is 12.4. The summed E-state index contributed by atoms with van der Waals surface area (Å²) in [5, 5.41) is 5.67. The Balaban J connectivity index is 1.47.